The predicted molar refractivity (Wildman–Crippen MR) is 288 cm³/mol. The lowest BCUT2D eigenvalue weighted by Crippen LogP contribution is -2.47. The highest BCUT2D eigenvalue weighted by molar-refractivity contribution is 7.92. The van der Waals surface area contributed by atoms with E-state index in [1.54, 1.807) is 30.5 Å². The van der Waals surface area contributed by atoms with Crippen LogP contribution >= 0.6 is 11.6 Å². The molecule has 4 N–H and O–H groups in total. The molecule has 0 radical (unpaired) electrons. The minimum atomic E-state index is -6.07. The maximum atomic E-state index is 14.2. The van der Waals surface area contributed by atoms with Crippen molar-refractivity contribution in [2.24, 2.45) is 5.41 Å². The Bertz CT molecular complexity index is 3120. The number of hydrogen-bond donors (Lipinski definition) is 4. The van der Waals surface area contributed by atoms with Gasteiger partial charge in [-0.1, -0.05) is 56.0 Å². The molecule has 5 aromatic rings. The molecule has 1 aliphatic carbocycles. The number of rotatable bonds is 22. The molecule has 410 valence electrons. The Morgan fingerprint density at radius 2 is 1.51 bits per heavy atom. The Morgan fingerprint density at radius 1 is 0.829 bits per heavy atom. The lowest BCUT2D eigenvalue weighted by Gasteiger charge is -2.39. The first-order chi connectivity index (χ1) is 36.1. The Labute approximate surface area is 447 Å². The number of sulfone groups is 1. The summed E-state index contributed by atoms with van der Waals surface area (Å²) in [6, 6.07) is 18.6. The van der Waals surface area contributed by atoms with Crippen LogP contribution in [0.2, 0.25) is 5.02 Å². The van der Waals surface area contributed by atoms with Gasteiger partial charge in [-0.15, -0.1) is 0 Å². The van der Waals surface area contributed by atoms with Gasteiger partial charge in [0.25, 0.3) is 25.8 Å². The number of amides is 1. The monoisotopic (exact) mass is 1110 g/mol. The van der Waals surface area contributed by atoms with Crippen LogP contribution in [0.4, 0.5) is 24.5 Å². The van der Waals surface area contributed by atoms with Crippen molar-refractivity contribution in [2.45, 2.75) is 86.9 Å². The van der Waals surface area contributed by atoms with E-state index in [9.17, 15) is 39.6 Å². The van der Waals surface area contributed by atoms with Crippen LogP contribution in [0.25, 0.3) is 16.6 Å². The van der Waals surface area contributed by atoms with Crippen LogP contribution in [-0.4, -0.2) is 143 Å². The van der Waals surface area contributed by atoms with Crippen LogP contribution in [-0.2, 0) is 24.7 Å². The molecule has 76 heavy (non-hydrogen) atoms. The minimum Gasteiger partial charge on any atom is -0.481 e. The topological polar surface area (TPSA) is 198 Å². The van der Waals surface area contributed by atoms with Crippen LogP contribution in [0.5, 0.6) is 11.5 Å². The molecule has 4 heterocycles. The highest BCUT2D eigenvalue weighted by Crippen LogP contribution is 2.44. The first-order valence-electron chi connectivity index (χ1n) is 25.8. The molecule has 0 spiro atoms. The zero-order valence-corrected chi connectivity index (χ0v) is 45.2. The second-order valence-corrected chi connectivity index (χ2v) is 24.7. The average Bonchev–Trinajstić information content (AvgIpc) is 3.86. The van der Waals surface area contributed by atoms with Crippen molar-refractivity contribution in [1.82, 2.24) is 29.4 Å². The fourth-order valence-electron chi connectivity index (χ4n) is 10.1. The Morgan fingerprint density at radius 3 is 2.21 bits per heavy atom. The van der Waals surface area contributed by atoms with Gasteiger partial charge in [-0.3, -0.25) is 14.5 Å². The summed E-state index contributed by atoms with van der Waals surface area (Å²) in [5, 5.41) is 13.0. The van der Waals surface area contributed by atoms with Gasteiger partial charge in [-0.2, -0.15) is 13.2 Å². The quantitative estimate of drug-likeness (QED) is 0.0478. The van der Waals surface area contributed by atoms with Gasteiger partial charge in [0.15, 0.2) is 0 Å². The van der Waals surface area contributed by atoms with E-state index in [0.717, 1.165) is 103 Å². The van der Waals surface area contributed by atoms with Gasteiger partial charge < -0.3 is 34.8 Å². The number of H-pyrrole nitrogens is 1. The first kappa shape index (κ1) is 56.5. The largest absolute Gasteiger partial charge is 0.501 e. The number of carbonyl (C=O) groups is 2. The number of allylic oxidation sites excluding steroid dienone is 1. The fraction of sp³-hybridized carbons (Fsp3) is 0.463. The number of hydrogen-bond acceptors (Lipinski definition) is 13. The molecule has 22 heteroatoms. The Balaban J connectivity index is 0.940. The van der Waals surface area contributed by atoms with Crippen LogP contribution < -0.4 is 19.7 Å². The summed E-state index contributed by atoms with van der Waals surface area (Å²) >= 11 is 6.24. The van der Waals surface area contributed by atoms with Gasteiger partial charge in [0.2, 0.25) is 0 Å². The van der Waals surface area contributed by atoms with Gasteiger partial charge >= 0.3 is 11.5 Å². The summed E-state index contributed by atoms with van der Waals surface area (Å²) in [6.45, 7) is 13.0. The van der Waals surface area contributed by atoms with E-state index in [4.69, 9.17) is 21.4 Å². The number of halogens is 4. The highest BCUT2D eigenvalue weighted by atomic mass is 35.5. The van der Waals surface area contributed by atoms with Crippen molar-refractivity contribution in [2.75, 3.05) is 88.8 Å². The number of aromatic amines is 1. The van der Waals surface area contributed by atoms with E-state index < -0.39 is 52.7 Å². The summed E-state index contributed by atoms with van der Waals surface area (Å²) in [7, 11) is -11.1. The number of aromatic nitrogens is 2. The van der Waals surface area contributed by atoms with Crippen molar-refractivity contribution in [3.8, 4) is 11.5 Å². The molecule has 3 aromatic carbocycles. The molecule has 3 aliphatic rings. The SMILES string of the molecule is CC1(C)CCC(CN2CCN(c3ccc(C(=O)NS(=O)(=O)c4ccc(NCCCN5CCN(CCCCCCC(=O)O)CC5)c(S(=O)(=O)C(F)(F)F)c4)c(Oc4cnc5[nH]ccc5c4)c3)CC2)=C(c2ccc(Cl)cc2)C1. The summed E-state index contributed by atoms with van der Waals surface area (Å²) in [5.41, 5.74) is -0.984. The number of unbranched alkanes of at least 4 members (excludes halogenated alkanes) is 3. The van der Waals surface area contributed by atoms with Crippen molar-refractivity contribution in [1.29, 1.82) is 0 Å². The number of nitrogens with zero attached hydrogens (tertiary/aromatic N) is 5. The number of benzene rings is 3. The first-order valence-corrected chi connectivity index (χ1v) is 29.1. The summed E-state index contributed by atoms with van der Waals surface area (Å²) < 4.78 is 105. The van der Waals surface area contributed by atoms with Crippen LogP contribution in [0.3, 0.4) is 0 Å². The number of carboxylic acids is 1. The molecule has 2 aliphatic heterocycles. The molecule has 0 bridgehead atoms. The third-order valence-corrected chi connectivity index (χ3v) is 17.6. The summed E-state index contributed by atoms with van der Waals surface area (Å²) in [4.78, 5) is 39.2. The van der Waals surface area contributed by atoms with E-state index in [1.807, 2.05) is 16.9 Å². The van der Waals surface area contributed by atoms with Crippen LogP contribution in [0, 0.1) is 5.41 Å². The number of ether oxygens (including phenoxy) is 1. The number of carbonyl (C=O) groups excluding carboxylic acids is 1. The van der Waals surface area contributed by atoms with Crippen molar-refractivity contribution < 1.29 is 49.4 Å². The van der Waals surface area contributed by atoms with Crippen LogP contribution in [0.15, 0.2) is 101 Å². The standard InChI is InChI=1S/C54H66ClF3N8O8S2/c1-53(2)19-17-40(46(35-53)38-9-11-41(55)12-10-38)37-65-28-30-66(31-29-65)42-13-15-45(48(33-42)74-43-32-39-18-21-60-51(39)61-36-43)52(69)62-76(72,73)44-14-16-47(49(34-44)75(70,71)54(56,57)58)59-20-7-23-64-26-24-63(25-27-64)22-6-4-3-5-8-50(67)68/h9-16,18,21,32-34,36,59H,3-8,17,19-20,22-31,35,37H2,1-2H3,(H,60,61)(H,62,69)(H,67,68). The van der Waals surface area contributed by atoms with E-state index in [-0.39, 0.29) is 35.4 Å². The summed E-state index contributed by atoms with van der Waals surface area (Å²) in [5.74, 6) is -1.73. The van der Waals surface area contributed by atoms with E-state index >= 15 is 0 Å². The lowest BCUT2D eigenvalue weighted by molar-refractivity contribution is -0.137. The van der Waals surface area contributed by atoms with Gasteiger partial charge in [0.05, 0.1) is 22.3 Å². The average molecular weight is 1110 g/mol. The molecule has 2 aromatic heterocycles. The fourth-order valence-corrected chi connectivity index (χ4v) is 12.3. The molecular weight excluding hydrogens is 1050 g/mol. The van der Waals surface area contributed by atoms with E-state index in [2.05, 4.69) is 60.9 Å². The lowest BCUT2D eigenvalue weighted by atomic mass is 9.72. The number of pyridine rings is 1. The number of fused-ring (bicyclic) bond motifs is 1. The van der Waals surface area contributed by atoms with Crippen LogP contribution in [0.1, 0.15) is 87.6 Å². The molecule has 0 unspecified atom stereocenters. The van der Waals surface area contributed by atoms with Gasteiger partial charge in [-0.25, -0.2) is 26.5 Å². The van der Waals surface area contributed by atoms with Gasteiger partial charge in [0, 0.05) is 100 Å². The third-order valence-electron chi connectivity index (χ3n) is 14.5. The molecule has 2 saturated heterocycles. The summed E-state index contributed by atoms with van der Waals surface area (Å²) in [6.07, 6.45) is 10.3. The number of anilines is 2. The molecule has 1 amide bonds. The smallest absolute Gasteiger partial charge is 0.481 e. The zero-order valence-electron chi connectivity index (χ0n) is 42.8. The maximum absolute atomic E-state index is 14.2. The number of carboxylic acid groups (broad SMARTS) is 1. The Hall–Kier alpha value is -5.71. The predicted octanol–water partition coefficient (Wildman–Crippen LogP) is 9.66. The van der Waals surface area contributed by atoms with Crippen molar-refractivity contribution in [3.05, 3.63) is 107 Å². The molecular formula is C54H66ClF3N8O8S2. The second kappa shape index (κ2) is 24.3. The molecule has 8 rings (SSSR count). The second-order valence-electron chi connectivity index (χ2n) is 20.6. The molecule has 16 nitrogen and oxygen atoms in total. The van der Waals surface area contributed by atoms with E-state index in [0.29, 0.717) is 60.3 Å². The third kappa shape index (κ3) is 14.4. The van der Waals surface area contributed by atoms with Crippen molar-refractivity contribution in [3.63, 3.8) is 0 Å². The Kier molecular flexibility index (Phi) is 18.1. The highest BCUT2D eigenvalue weighted by Gasteiger charge is 2.48. The van der Waals surface area contributed by atoms with E-state index in [1.165, 1.54) is 29.0 Å². The molecule has 2 fully saturated rings. The number of nitrogens with one attached hydrogen (secondary N) is 3. The number of aliphatic carboxylic acids is 1. The maximum Gasteiger partial charge on any atom is 0.501 e. The number of piperazine rings is 2. The molecule has 0 atom stereocenters. The normalized spacial score (nSPS) is 17.3. The van der Waals surface area contributed by atoms with Crippen molar-refractivity contribution >= 4 is 71.3 Å². The van der Waals surface area contributed by atoms with Gasteiger partial charge in [-0.05, 0) is 123 Å². The molecule has 0 saturated carbocycles. The minimum absolute atomic E-state index is 0.0182. The number of alkyl halides is 3. The number of sulfonamides is 1. The van der Waals surface area contributed by atoms with Gasteiger partial charge in [0.1, 0.15) is 22.0 Å². The zero-order chi connectivity index (χ0) is 54.3.